The summed E-state index contributed by atoms with van der Waals surface area (Å²) in [4.78, 5) is -1.20. The van der Waals surface area contributed by atoms with Gasteiger partial charge < -0.3 is 13.8 Å². The zero-order chi connectivity index (χ0) is 22.2. The molecule has 0 bridgehead atoms. The molecule has 0 amide bonds. The van der Waals surface area contributed by atoms with Gasteiger partial charge >= 0.3 is 59.1 Å². The van der Waals surface area contributed by atoms with E-state index in [2.05, 4.69) is 6.92 Å². The van der Waals surface area contributed by atoms with Gasteiger partial charge in [-0.25, -0.2) is 16.8 Å². The van der Waals surface area contributed by atoms with Crippen molar-refractivity contribution in [2.24, 2.45) is 0 Å². The molecular weight excluding hydrogens is 474 g/mol. The minimum atomic E-state index is -4.87. The zero-order valence-corrected chi connectivity index (χ0v) is 24.5. The molecule has 0 heterocycles. The Kier molecular flexibility index (Phi) is 15.2. The first-order valence-electron chi connectivity index (χ1n) is 9.95. The Balaban J connectivity index is 0.00000480. The smallest absolute Gasteiger partial charge is 0.744 e. The summed E-state index contributed by atoms with van der Waals surface area (Å²) in [6.07, 6.45) is 7.86. The molecule has 11 heteroatoms. The van der Waals surface area contributed by atoms with Crippen molar-refractivity contribution >= 4 is 20.2 Å². The summed E-state index contributed by atoms with van der Waals surface area (Å²) in [7, 11) is -9.72. The van der Waals surface area contributed by atoms with Gasteiger partial charge in [-0.1, -0.05) is 69.7 Å². The molecule has 0 saturated heterocycles. The fraction of sp³-hybridized carbons (Fsp3) is 0.429. The molecule has 2 rings (SSSR count). The van der Waals surface area contributed by atoms with Crippen LogP contribution in [0.2, 0.25) is 0 Å². The summed E-state index contributed by atoms with van der Waals surface area (Å²) in [5.74, 6) is -0.543. The van der Waals surface area contributed by atoms with Crippen LogP contribution in [0.4, 0.5) is 0 Å². The van der Waals surface area contributed by atoms with Crippen LogP contribution >= 0.6 is 0 Å². The number of aryl methyl sites for hydroxylation is 1. The van der Waals surface area contributed by atoms with Crippen molar-refractivity contribution in [3.63, 3.8) is 0 Å². The maximum Gasteiger partial charge on any atom is 1.00 e. The first-order valence-corrected chi connectivity index (χ1v) is 12.8. The van der Waals surface area contributed by atoms with Crippen molar-refractivity contribution in [3.8, 4) is 11.5 Å². The van der Waals surface area contributed by atoms with E-state index in [1.807, 2.05) is 0 Å². The molecule has 32 heavy (non-hydrogen) atoms. The molecule has 166 valence electrons. The van der Waals surface area contributed by atoms with Gasteiger partial charge in [0.25, 0.3) is 0 Å². The van der Waals surface area contributed by atoms with E-state index in [1.54, 1.807) is 6.07 Å². The first-order chi connectivity index (χ1) is 14.1. The molecule has 7 nitrogen and oxygen atoms in total. The van der Waals surface area contributed by atoms with Gasteiger partial charge in [-0.15, -0.1) is 0 Å². The standard InChI is InChI=1S/C21H28O7S2.2Na/c1-2-3-4-5-6-7-8-12-17-13-11-16-20(30(25,26)27)21(17)28-18-14-9-10-15-19(18)29(22,23)24;;/h9-11,13-16H,2-8,12H2,1H3,(H,22,23,24)(H,25,26,27);;/q;2*+1/p-2. The molecule has 2 aromatic rings. The van der Waals surface area contributed by atoms with Crippen LogP contribution in [0, 0.1) is 0 Å². The van der Waals surface area contributed by atoms with E-state index in [-0.39, 0.29) is 70.6 Å². The van der Waals surface area contributed by atoms with E-state index < -0.39 is 30.0 Å². The van der Waals surface area contributed by atoms with Crippen LogP contribution in [-0.4, -0.2) is 25.9 Å². The van der Waals surface area contributed by atoms with Crippen molar-refractivity contribution in [1.29, 1.82) is 0 Å². The second-order valence-corrected chi connectivity index (χ2v) is 9.77. The summed E-state index contributed by atoms with van der Waals surface area (Å²) in [6, 6.07) is 9.32. The molecule has 0 aliphatic rings. The van der Waals surface area contributed by atoms with Crippen LogP contribution < -0.4 is 63.9 Å². The molecule has 0 N–H and O–H groups in total. The van der Waals surface area contributed by atoms with Crippen molar-refractivity contribution in [2.75, 3.05) is 0 Å². The van der Waals surface area contributed by atoms with E-state index in [4.69, 9.17) is 4.74 Å². The molecular formula is C21H26Na2O7S2. The first kappa shape index (κ1) is 32.1. The van der Waals surface area contributed by atoms with Crippen LogP contribution in [0.1, 0.15) is 57.4 Å². The van der Waals surface area contributed by atoms with Gasteiger partial charge in [-0.2, -0.15) is 0 Å². The van der Waals surface area contributed by atoms with Gasteiger partial charge in [0, 0.05) is 0 Å². The third kappa shape index (κ3) is 10.1. The Morgan fingerprint density at radius 3 is 1.84 bits per heavy atom. The Labute approximate surface area is 235 Å². The van der Waals surface area contributed by atoms with Crippen molar-refractivity contribution in [1.82, 2.24) is 0 Å². The summed E-state index contributed by atoms with van der Waals surface area (Å²) >= 11 is 0. The molecule has 0 fully saturated rings. The Hall–Kier alpha value is 0.0600. The van der Waals surface area contributed by atoms with Gasteiger partial charge in [-0.05, 0) is 36.6 Å². The number of rotatable bonds is 12. The monoisotopic (exact) mass is 500 g/mol. The maximum atomic E-state index is 11.7. The fourth-order valence-corrected chi connectivity index (χ4v) is 4.44. The van der Waals surface area contributed by atoms with Crippen LogP contribution in [0.5, 0.6) is 11.5 Å². The van der Waals surface area contributed by atoms with Crippen molar-refractivity contribution in [2.45, 2.75) is 68.1 Å². The topological polar surface area (TPSA) is 124 Å². The molecule has 0 saturated carbocycles. The summed E-state index contributed by atoms with van der Waals surface area (Å²) in [5, 5.41) is 0. The quantitative estimate of drug-likeness (QED) is 0.199. The van der Waals surface area contributed by atoms with Crippen molar-refractivity contribution < 1.29 is 89.8 Å². The van der Waals surface area contributed by atoms with Crippen LogP contribution in [0.25, 0.3) is 0 Å². The van der Waals surface area contributed by atoms with Gasteiger partial charge in [-0.3, -0.25) is 0 Å². The molecule has 0 aromatic heterocycles. The van der Waals surface area contributed by atoms with Gasteiger partial charge in [0.1, 0.15) is 31.7 Å². The Bertz CT molecular complexity index is 1060. The van der Waals surface area contributed by atoms with Crippen LogP contribution in [-0.2, 0) is 26.7 Å². The number of ether oxygens (including phenoxy) is 1. The average molecular weight is 501 g/mol. The number of benzene rings is 2. The SMILES string of the molecule is CCCCCCCCCc1cccc(S(=O)(=O)[O-])c1Oc1ccccc1S(=O)(=O)[O-].[Na+].[Na+]. The van der Waals surface area contributed by atoms with E-state index in [1.165, 1.54) is 37.1 Å². The second kappa shape index (κ2) is 15.1. The summed E-state index contributed by atoms with van der Waals surface area (Å²) in [6.45, 7) is 2.15. The van der Waals surface area contributed by atoms with Gasteiger partial charge in [0.15, 0.2) is 0 Å². The normalized spacial score (nSPS) is 11.3. The fourth-order valence-electron chi connectivity index (χ4n) is 3.19. The molecule has 0 aliphatic carbocycles. The van der Waals surface area contributed by atoms with Gasteiger partial charge in [0.05, 0.1) is 9.79 Å². The zero-order valence-electron chi connectivity index (χ0n) is 18.9. The van der Waals surface area contributed by atoms with E-state index >= 15 is 0 Å². The average Bonchev–Trinajstić information content (AvgIpc) is 2.67. The molecule has 2 aromatic carbocycles. The molecule has 0 unspecified atom stereocenters. The predicted octanol–water partition coefficient (Wildman–Crippen LogP) is -1.41. The largest absolute Gasteiger partial charge is 1.00 e. The Morgan fingerprint density at radius 1 is 0.719 bits per heavy atom. The third-order valence-electron chi connectivity index (χ3n) is 4.71. The van der Waals surface area contributed by atoms with Crippen molar-refractivity contribution in [3.05, 3.63) is 48.0 Å². The predicted molar refractivity (Wildman–Crippen MR) is 111 cm³/mol. The van der Waals surface area contributed by atoms with Gasteiger partial charge in [0.2, 0.25) is 0 Å². The Morgan fingerprint density at radius 2 is 1.25 bits per heavy atom. The van der Waals surface area contributed by atoms with E-state index in [9.17, 15) is 25.9 Å². The number of hydrogen-bond acceptors (Lipinski definition) is 7. The third-order valence-corrected chi connectivity index (χ3v) is 6.45. The van der Waals surface area contributed by atoms with E-state index in [0.29, 0.717) is 12.0 Å². The number of unbranched alkanes of at least 4 members (excludes halogenated alkanes) is 6. The molecule has 0 spiro atoms. The molecule has 0 radical (unpaired) electrons. The minimum absolute atomic E-state index is 0. The van der Waals surface area contributed by atoms with Crippen LogP contribution in [0.15, 0.2) is 52.3 Å². The molecule has 0 aliphatic heterocycles. The number of hydrogen-bond donors (Lipinski definition) is 0. The summed E-state index contributed by atoms with van der Waals surface area (Å²) in [5.41, 5.74) is 0.471. The molecule has 0 atom stereocenters. The maximum absolute atomic E-state index is 11.7. The summed E-state index contributed by atoms with van der Waals surface area (Å²) < 4.78 is 75.3. The van der Waals surface area contributed by atoms with E-state index in [0.717, 1.165) is 44.2 Å². The minimum Gasteiger partial charge on any atom is -0.744 e. The number of para-hydroxylation sites is 2. The van der Waals surface area contributed by atoms with Crippen LogP contribution in [0.3, 0.4) is 0 Å². The second-order valence-electron chi connectivity index (χ2n) is 7.07.